The molecule has 192 valence electrons. The van der Waals surface area contributed by atoms with Gasteiger partial charge in [-0.15, -0.1) is 0 Å². The number of hydrogen-bond donors (Lipinski definition) is 2. The van der Waals surface area contributed by atoms with Crippen molar-refractivity contribution >= 4 is 45.6 Å². The largest absolute Gasteiger partial charge is 0.490 e. The molecule has 2 heterocycles. The summed E-state index contributed by atoms with van der Waals surface area (Å²) in [4.78, 5) is 45.0. The number of aliphatic hydroxyl groups excluding tert-OH is 1. The molecule has 3 amide bonds. The van der Waals surface area contributed by atoms with Crippen molar-refractivity contribution in [3.05, 3.63) is 42.5 Å². The summed E-state index contributed by atoms with van der Waals surface area (Å²) in [5.41, 5.74) is 0. The number of amides is 3. The van der Waals surface area contributed by atoms with Crippen LogP contribution >= 0.6 is 11.8 Å². The highest BCUT2D eigenvalue weighted by atomic mass is 32.2. The van der Waals surface area contributed by atoms with E-state index in [0.717, 1.165) is 10.8 Å². The van der Waals surface area contributed by atoms with E-state index in [0.29, 0.717) is 17.3 Å². The Kier molecular flexibility index (Phi) is 8.00. The Hall–Kier alpha value is -3.31. The summed E-state index contributed by atoms with van der Waals surface area (Å²) in [5, 5.41) is 15.0. The predicted octanol–water partition coefficient (Wildman–Crippen LogP) is 2.20. The van der Waals surface area contributed by atoms with Crippen LogP contribution in [0.2, 0.25) is 0 Å². The summed E-state index contributed by atoms with van der Waals surface area (Å²) in [5.74, 6) is -0.242. The van der Waals surface area contributed by atoms with Crippen LogP contribution in [0.4, 0.5) is 4.79 Å². The van der Waals surface area contributed by atoms with E-state index in [1.54, 1.807) is 18.9 Å². The van der Waals surface area contributed by atoms with Crippen LogP contribution in [-0.4, -0.2) is 88.3 Å². The van der Waals surface area contributed by atoms with Gasteiger partial charge >= 0.3 is 12.0 Å². The van der Waals surface area contributed by atoms with Crippen LogP contribution in [0.25, 0.3) is 10.8 Å². The average Bonchev–Trinajstić information content (AvgIpc) is 3.22. The highest BCUT2D eigenvalue weighted by molar-refractivity contribution is 8.14. The molecule has 2 aliphatic rings. The number of nitrogens with one attached hydrogen (secondary N) is 1. The smallest absolute Gasteiger partial charge is 0.325 e. The van der Waals surface area contributed by atoms with E-state index in [2.05, 4.69) is 10.3 Å². The van der Waals surface area contributed by atoms with Gasteiger partial charge in [-0.05, 0) is 24.8 Å². The van der Waals surface area contributed by atoms with Crippen LogP contribution in [0, 0.1) is 0 Å². The first kappa shape index (κ1) is 25.8. The summed E-state index contributed by atoms with van der Waals surface area (Å²) < 4.78 is 11.1. The number of carbonyl (C=O) groups excluding carboxylic acids is 3. The molecule has 4 atom stereocenters. The maximum atomic E-state index is 12.8. The average molecular weight is 515 g/mol. The number of ether oxygens (including phenoxy) is 2. The number of carbonyl (C=O) groups is 3. The standard InChI is InChI=1S/C25H30N4O6S/c1-4-19(23(32)34-5-2)36-25-26-21-20(22(31)27-24(33)28(21)3)29(25)13-16(30)14-35-18-12-8-10-15-9-6-7-11-17(15)18/h6-12,16,19-21,30H,4-5,13-14H2,1-3H3,(H,27,31,33). The van der Waals surface area contributed by atoms with Gasteiger partial charge in [-0.2, -0.15) is 0 Å². The number of fused-ring (bicyclic) bond motifs is 2. The second-order valence-corrected chi connectivity index (χ2v) is 9.71. The van der Waals surface area contributed by atoms with E-state index in [1.807, 2.05) is 49.4 Å². The second-order valence-electron chi connectivity index (χ2n) is 8.54. The van der Waals surface area contributed by atoms with E-state index in [1.165, 1.54) is 16.7 Å². The molecule has 4 unspecified atom stereocenters. The number of esters is 1. The van der Waals surface area contributed by atoms with Crippen LogP contribution in [-0.2, 0) is 14.3 Å². The Morgan fingerprint density at radius 1 is 1.19 bits per heavy atom. The number of likely N-dealkylation sites (N-methyl/N-ethyl adjacent to an activating group) is 1. The number of urea groups is 1. The minimum absolute atomic E-state index is 0.0203. The van der Waals surface area contributed by atoms with Gasteiger partial charge in [0.1, 0.15) is 23.7 Å². The van der Waals surface area contributed by atoms with E-state index >= 15 is 0 Å². The molecule has 11 heteroatoms. The molecule has 1 fully saturated rings. The van der Waals surface area contributed by atoms with E-state index in [4.69, 9.17) is 9.47 Å². The quantitative estimate of drug-likeness (QED) is 0.489. The fraction of sp³-hybridized carbons (Fsp3) is 0.440. The van der Waals surface area contributed by atoms with E-state index < -0.39 is 35.5 Å². The lowest BCUT2D eigenvalue weighted by Gasteiger charge is -2.37. The van der Waals surface area contributed by atoms with Crippen molar-refractivity contribution < 1.29 is 29.0 Å². The van der Waals surface area contributed by atoms with Gasteiger partial charge in [0.2, 0.25) is 0 Å². The van der Waals surface area contributed by atoms with Crippen molar-refractivity contribution in [2.75, 3.05) is 26.8 Å². The third-order valence-corrected chi connectivity index (χ3v) is 7.44. The number of aliphatic hydroxyl groups is 1. The molecule has 2 N–H and O–H groups in total. The van der Waals surface area contributed by atoms with Crippen molar-refractivity contribution in [3.8, 4) is 5.75 Å². The van der Waals surface area contributed by atoms with Gasteiger partial charge in [-0.25, -0.2) is 9.79 Å². The molecule has 0 saturated carbocycles. The maximum Gasteiger partial charge on any atom is 0.325 e. The van der Waals surface area contributed by atoms with Crippen LogP contribution in [0.1, 0.15) is 20.3 Å². The molecule has 2 aliphatic heterocycles. The van der Waals surface area contributed by atoms with Crippen LogP contribution in [0.3, 0.4) is 0 Å². The van der Waals surface area contributed by atoms with Crippen molar-refractivity contribution in [3.63, 3.8) is 0 Å². The lowest BCUT2D eigenvalue weighted by molar-refractivity contribution is -0.142. The molecule has 0 spiro atoms. The summed E-state index contributed by atoms with van der Waals surface area (Å²) in [6.07, 6.45) is -1.26. The normalized spacial score (nSPS) is 21.1. The molecule has 0 bridgehead atoms. The highest BCUT2D eigenvalue weighted by Crippen LogP contribution is 2.32. The van der Waals surface area contributed by atoms with Crippen LogP contribution in [0.15, 0.2) is 47.5 Å². The highest BCUT2D eigenvalue weighted by Gasteiger charge is 2.49. The third kappa shape index (κ3) is 5.26. The number of amidine groups is 1. The van der Waals surface area contributed by atoms with Gasteiger partial charge in [-0.3, -0.25) is 14.9 Å². The first-order valence-electron chi connectivity index (χ1n) is 11.9. The molecule has 2 aromatic carbocycles. The number of aliphatic imine (C=N–C) groups is 1. The second kappa shape index (κ2) is 11.2. The maximum absolute atomic E-state index is 12.8. The van der Waals surface area contributed by atoms with Gasteiger partial charge in [0.25, 0.3) is 5.91 Å². The lowest BCUT2D eigenvalue weighted by atomic mass is 10.1. The zero-order valence-corrected chi connectivity index (χ0v) is 21.2. The van der Waals surface area contributed by atoms with Crippen LogP contribution in [0.5, 0.6) is 5.75 Å². The number of rotatable bonds is 9. The first-order valence-corrected chi connectivity index (χ1v) is 12.8. The number of β-amino-alcohol motifs (C(OH)–C–C–N with tert-alkyl or cyclic N) is 1. The Morgan fingerprint density at radius 2 is 1.94 bits per heavy atom. The van der Waals surface area contributed by atoms with E-state index in [9.17, 15) is 19.5 Å². The van der Waals surface area contributed by atoms with Gasteiger partial charge in [0.05, 0.1) is 13.2 Å². The summed E-state index contributed by atoms with van der Waals surface area (Å²) in [7, 11) is 1.55. The summed E-state index contributed by atoms with van der Waals surface area (Å²) in [6.45, 7) is 3.84. The molecule has 0 aromatic heterocycles. The number of benzene rings is 2. The van der Waals surface area contributed by atoms with Gasteiger partial charge in [0.15, 0.2) is 17.4 Å². The van der Waals surface area contributed by atoms with Gasteiger partial charge in [-0.1, -0.05) is 55.1 Å². The number of imide groups is 1. The Bertz CT molecular complexity index is 1170. The Labute approximate surface area is 213 Å². The van der Waals surface area contributed by atoms with Crippen molar-refractivity contribution in [2.24, 2.45) is 4.99 Å². The number of thioether (sulfide) groups is 1. The fourth-order valence-electron chi connectivity index (χ4n) is 4.24. The molecule has 10 nitrogen and oxygen atoms in total. The molecule has 4 rings (SSSR count). The minimum atomic E-state index is -0.980. The monoisotopic (exact) mass is 514 g/mol. The Morgan fingerprint density at radius 3 is 2.69 bits per heavy atom. The van der Waals surface area contributed by atoms with Crippen molar-refractivity contribution in [1.82, 2.24) is 15.1 Å². The molecule has 0 radical (unpaired) electrons. The first-order chi connectivity index (χ1) is 17.3. The van der Waals surface area contributed by atoms with Crippen molar-refractivity contribution in [2.45, 2.75) is 43.8 Å². The van der Waals surface area contributed by atoms with Crippen LogP contribution < -0.4 is 10.1 Å². The molecular formula is C25H30N4O6S. The lowest BCUT2D eigenvalue weighted by Crippen LogP contribution is -2.64. The summed E-state index contributed by atoms with van der Waals surface area (Å²) >= 11 is 1.17. The number of hydrogen-bond acceptors (Lipinski definition) is 9. The fourth-order valence-corrected chi connectivity index (χ4v) is 5.32. The molecular weight excluding hydrogens is 484 g/mol. The number of nitrogens with zero attached hydrogens (tertiary/aromatic N) is 3. The summed E-state index contributed by atoms with van der Waals surface area (Å²) in [6, 6.07) is 12.1. The topological polar surface area (TPSA) is 121 Å². The molecule has 36 heavy (non-hydrogen) atoms. The SMILES string of the molecule is CCOC(=O)C(CC)SC1=NC2C(C(=O)NC(=O)N2C)N1CC(O)COc1cccc2ccccc12. The molecule has 0 aliphatic carbocycles. The van der Waals surface area contributed by atoms with E-state index in [-0.39, 0.29) is 25.7 Å². The molecule has 2 aromatic rings. The Balaban J connectivity index is 1.52. The van der Waals surface area contributed by atoms with Gasteiger partial charge < -0.3 is 24.4 Å². The zero-order valence-electron chi connectivity index (χ0n) is 20.4. The molecule has 1 saturated heterocycles. The van der Waals surface area contributed by atoms with Gasteiger partial charge in [0, 0.05) is 12.4 Å². The zero-order chi connectivity index (χ0) is 25.8. The minimum Gasteiger partial charge on any atom is -0.490 e. The predicted molar refractivity (Wildman–Crippen MR) is 137 cm³/mol. The third-order valence-electron chi connectivity index (χ3n) is 6.08. The van der Waals surface area contributed by atoms with Crippen molar-refractivity contribution in [1.29, 1.82) is 0 Å².